The van der Waals surface area contributed by atoms with Crippen LogP contribution in [0.4, 0.5) is 0 Å². The van der Waals surface area contributed by atoms with E-state index in [4.69, 9.17) is 9.47 Å². The van der Waals surface area contributed by atoms with Crippen molar-refractivity contribution in [3.05, 3.63) is 30.6 Å². The second-order valence-corrected chi connectivity index (χ2v) is 7.91. The zero-order valence-corrected chi connectivity index (χ0v) is 15.7. The van der Waals surface area contributed by atoms with Gasteiger partial charge in [0.2, 0.25) is 5.91 Å². The molecule has 3 aliphatic rings. The number of pyridine rings is 1. The van der Waals surface area contributed by atoms with Crippen LogP contribution in [0.5, 0.6) is 0 Å². The van der Waals surface area contributed by atoms with E-state index in [9.17, 15) is 4.79 Å². The maximum absolute atomic E-state index is 12.6. The van der Waals surface area contributed by atoms with Crippen LogP contribution in [0.15, 0.2) is 30.6 Å². The molecule has 0 radical (unpaired) electrons. The highest BCUT2D eigenvalue weighted by Gasteiger charge is 2.49. The maximum Gasteiger partial charge on any atom is 0.223 e. The largest absolute Gasteiger partial charge is 0.371 e. The van der Waals surface area contributed by atoms with Gasteiger partial charge in [-0.25, -0.2) is 4.68 Å². The monoisotopic (exact) mass is 383 g/mol. The summed E-state index contributed by atoms with van der Waals surface area (Å²) in [5, 5.41) is 11.7. The van der Waals surface area contributed by atoms with Crippen LogP contribution in [-0.2, 0) is 14.3 Å². The Morgan fingerprint density at radius 1 is 1.07 bits per heavy atom. The predicted octanol–water partition coefficient (Wildman–Crippen LogP) is 1.74. The first-order chi connectivity index (χ1) is 13.8. The molecule has 8 nitrogen and oxygen atoms in total. The molecule has 0 spiro atoms. The molecule has 1 saturated carbocycles. The average Bonchev–Trinajstić information content (AvgIpc) is 3.47. The number of hydrogen-bond donors (Lipinski definition) is 1. The van der Waals surface area contributed by atoms with E-state index < -0.39 is 0 Å². The fourth-order valence-corrected chi connectivity index (χ4v) is 4.57. The van der Waals surface area contributed by atoms with Crippen molar-refractivity contribution in [2.45, 2.75) is 56.4 Å². The second kappa shape index (κ2) is 7.60. The van der Waals surface area contributed by atoms with Crippen LogP contribution in [-0.4, -0.2) is 57.3 Å². The summed E-state index contributed by atoms with van der Waals surface area (Å²) in [5.74, 6) is 0.292. The standard InChI is InChI=1S/C20H25N5O3/c26-20(13-6-2-1-3-7-13)22-16-11-27-19-17(12-28-18(16)19)25-10-15(23-24-25)14-8-4-5-9-21-14/h4-5,8-10,13,16-19H,1-3,6-7,11-12H2,(H,22,26). The summed E-state index contributed by atoms with van der Waals surface area (Å²) >= 11 is 0. The summed E-state index contributed by atoms with van der Waals surface area (Å²) in [5.41, 5.74) is 1.51. The molecule has 0 bridgehead atoms. The Hall–Kier alpha value is -2.32. The fourth-order valence-electron chi connectivity index (χ4n) is 4.57. The lowest BCUT2D eigenvalue weighted by molar-refractivity contribution is -0.127. The number of amides is 1. The van der Waals surface area contributed by atoms with Crippen molar-refractivity contribution in [3.8, 4) is 11.4 Å². The van der Waals surface area contributed by atoms with Crippen LogP contribution in [0.2, 0.25) is 0 Å². The molecule has 0 aromatic carbocycles. The summed E-state index contributed by atoms with van der Waals surface area (Å²) in [6.45, 7) is 0.974. The molecule has 5 rings (SSSR count). The number of aromatic nitrogens is 4. The first kappa shape index (κ1) is 17.8. The molecule has 1 N–H and O–H groups in total. The lowest BCUT2D eigenvalue weighted by atomic mass is 9.88. The number of ether oxygens (including phenoxy) is 2. The van der Waals surface area contributed by atoms with Gasteiger partial charge in [0.1, 0.15) is 23.9 Å². The van der Waals surface area contributed by atoms with Gasteiger partial charge in [-0.3, -0.25) is 9.78 Å². The number of carbonyl (C=O) groups excluding carboxylic acids is 1. The van der Waals surface area contributed by atoms with Gasteiger partial charge in [-0.1, -0.05) is 30.5 Å². The van der Waals surface area contributed by atoms with Gasteiger partial charge in [-0.2, -0.15) is 0 Å². The molecular weight excluding hydrogens is 358 g/mol. The normalized spacial score (nSPS) is 30.3. The second-order valence-electron chi connectivity index (χ2n) is 7.91. The minimum Gasteiger partial charge on any atom is -0.371 e. The van der Waals surface area contributed by atoms with E-state index in [0.29, 0.717) is 13.2 Å². The molecule has 28 heavy (non-hydrogen) atoms. The minimum atomic E-state index is -0.139. The molecule has 8 heteroatoms. The number of nitrogens with zero attached hydrogens (tertiary/aromatic N) is 4. The Morgan fingerprint density at radius 2 is 1.93 bits per heavy atom. The number of nitrogens with one attached hydrogen (secondary N) is 1. The van der Waals surface area contributed by atoms with Gasteiger partial charge in [0.15, 0.2) is 0 Å². The smallest absolute Gasteiger partial charge is 0.223 e. The molecule has 3 fully saturated rings. The highest BCUT2D eigenvalue weighted by atomic mass is 16.6. The third-order valence-corrected chi connectivity index (χ3v) is 6.11. The number of hydrogen-bond acceptors (Lipinski definition) is 6. The molecule has 4 atom stereocenters. The van der Waals surface area contributed by atoms with Crippen molar-refractivity contribution in [3.63, 3.8) is 0 Å². The van der Waals surface area contributed by atoms with Crippen LogP contribution in [0, 0.1) is 5.92 Å². The summed E-state index contributed by atoms with van der Waals surface area (Å²) in [6, 6.07) is 5.56. The maximum atomic E-state index is 12.6. The van der Waals surface area contributed by atoms with Gasteiger partial charge in [0.05, 0.1) is 31.1 Å². The Labute approximate surface area is 163 Å². The van der Waals surface area contributed by atoms with Crippen molar-refractivity contribution < 1.29 is 14.3 Å². The van der Waals surface area contributed by atoms with Crippen molar-refractivity contribution in [1.29, 1.82) is 0 Å². The fraction of sp³-hybridized carbons (Fsp3) is 0.600. The average molecular weight is 383 g/mol. The Bertz CT molecular complexity index is 820. The highest BCUT2D eigenvalue weighted by molar-refractivity contribution is 5.79. The van der Waals surface area contributed by atoms with Crippen LogP contribution in [0.25, 0.3) is 11.4 Å². The van der Waals surface area contributed by atoms with Crippen LogP contribution in [0.3, 0.4) is 0 Å². The highest BCUT2D eigenvalue weighted by Crippen LogP contribution is 2.35. The van der Waals surface area contributed by atoms with Crippen molar-refractivity contribution in [1.82, 2.24) is 25.3 Å². The van der Waals surface area contributed by atoms with Gasteiger partial charge in [-0.05, 0) is 25.0 Å². The van der Waals surface area contributed by atoms with E-state index in [-0.39, 0.29) is 36.1 Å². The van der Waals surface area contributed by atoms with E-state index in [1.165, 1.54) is 6.42 Å². The first-order valence-corrected chi connectivity index (χ1v) is 10.2. The lowest BCUT2D eigenvalue weighted by Crippen LogP contribution is -2.46. The third kappa shape index (κ3) is 3.31. The topological polar surface area (TPSA) is 91.2 Å². The van der Waals surface area contributed by atoms with Crippen molar-refractivity contribution in [2.24, 2.45) is 5.92 Å². The molecule has 2 aromatic rings. The molecule has 4 unspecified atom stereocenters. The predicted molar refractivity (Wildman–Crippen MR) is 100 cm³/mol. The zero-order valence-electron chi connectivity index (χ0n) is 15.7. The Kier molecular flexibility index (Phi) is 4.82. The first-order valence-electron chi connectivity index (χ1n) is 10.2. The van der Waals surface area contributed by atoms with Gasteiger partial charge in [0, 0.05) is 12.1 Å². The van der Waals surface area contributed by atoms with E-state index in [1.807, 2.05) is 24.4 Å². The molecule has 4 heterocycles. The summed E-state index contributed by atoms with van der Waals surface area (Å²) in [7, 11) is 0. The van der Waals surface area contributed by atoms with Crippen LogP contribution in [0.1, 0.15) is 38.1 Å². The van der Waals surface area contributed by atoms with E-state index in [1.54, 1.807) is 10.9 Å². The lowest BCUT2D eigenvalue weighted by Gasteiger charge is -2.24. The summed E-state index contributed by atoms with van der Waals surface area (Å²) in [6.07, 6.45) is 8.88. The van der Waals surface area contributed by atoms with Crippen molar-refractivity contribution >= 4 is 5.91 Å². The van der Waals surface area contributed by atoms with Gasteiger partial charge in [0.25, 0.3) is 0 Å². The quantitative estimate of drug-likeness (QED) is 0.865. The summed E-state index contributed by atoms with van der Waals surface area (Å²) < 4.78 is 13.8. The van der Waals surface area contributed by atoms with Crippen LogP contribution < -0.4 is 5.32 Å². The van der Waals surface area contributed by atoms with Gasteiger partial charge in [-0.15, -0.1) is 5.10 Å². The SMILES string of the molecule is O=C(NC1COC2C1OCC2n1cc(-c2ccccn2)nn1)C1CCCCC1. The molecule has 2 aliphatic heterocycles. The zero-order chi connectivity index (χ0) is 18.9. The molecule has 2 aromatic heterocycles. The molecule has 148 valence electrons. The third-order valence-electron chi connectivity index (χ3n) is 6.11. The van der Waals surface area contributed by atoms with Crippen LogP contribution >= 0.6 is 0 Å². The number of fused-ring (bicyclic) bond motifs is 1. The Balaban J connectivity index is 1.24. The number of rotatable bonds is 4. The molecule has 1 amide bonds. The molecule has 1 aliphatic carbocycles. The van der Waals surface area contributed by atoms with E-state index >= 15 is 0 Å². The van der Waals surface area contributed by atoms with Gasteiger partial charge < -0.3 is 14.8 Å². The van der Waals surface area contributed by atoms with Crippen molar-refractivity contribution in [2.75, 3.05) is 13.2 Å². The van der Waals surface area contributed by atoms with E-state index in [0.717, 1.165) is 37.1 Å². The van der Waals surface area contributed by atoms with E-state index in [2.05, 4.69) is 20.6 Å². The minimum absolute atomic E-state index is 0.0495. The molecular formula is C20H25N5O3. The molecule has 2 saturated heterocycles. The Morgan fingerprint density at radius 3 is 2.75 bits per heavy atom. The number of carbonyl (C=O) groups is 1. The van der Waals surface area contributed by atoms with Gasteiger partial charge >= 0.3 is 0 Å². The summed E-state index contributed by atoms with van der Waals surface area (Å²) in [4.78, 5) is 16.9.